The third-order valence-corrected chi connectivity index (χ3v) is 1.86. The normalized spacial score (nSPS) is 11.8. The van der Waals surface area contributed by atoms with Crippen LogP contribution in [0, 0.1) is 6.92 Å². The maximum atomic E-state index is 12.5. The van der Waals surface area contributed by atoms with Gasteiger partial charge in [0.1, 0.15) is 5.82 Å². The van der Waals surface area contributed by atoms with Gasteiger partial charge in [-0.3, -0.25) is 0 Å². The smallest absolute Gasteiger partial charge is 0.396 e. The molecule has 0 aliphatic heterocycles. The minimum atomic E-state index is -4.46. The average Bonchev–Trinajstić information content (AvgIpc) is 2.14. The number of aliphatic hydroxyl groups excluding tert-OH is 1. The predicted octanol–water partition coefficient (Wildman–Crippen LogP) is 1.73. The number of halogens is 3. The van der Waals surface area contributed by atoms with Gasteiger partial charge in [0.05, 0.1) is 0 Å². The van der Waals surface area contributed by atoms with Crippen molar-refractivity contribution >= 4 is 0 Å². The highest BCUT2D eigenvalue weighted by Gasteiger charge is 2.35. The van der Waals surface area contributed by atoms with Crippen LogP contribution in [0.1, 0.15) is 23.5 Å². The van der Waals surface area contributed by atoms with Crippen LogP contribution >= 0.6 is 0 Å². The van der Waals surface area contributed by atoms with Gasteiger partial charge in [0.15, 0.2) is 5.69 Å². The lowest BCUT2D eigenvalue weighted by Gasteiger charge is -2.11. The van der Waals surface area contributed by atoms with E-state index in [4.69, 9.17) is 5.11 Å². The van der Waals surface area contributed by atoms with Gasteiger partial charge in [0, 0.05) is 18.4 Å². The minimum absolute atomic E-state index is 0.0298. The molecule has 0 saturated carbocycles. The standard InChI is InChI=1S/C9H11F3N2O/c1-6-13-5-7(3-2-4-15)8(14-6)9(10,11)12/h5,15H,2-4H2,1H3. The van der Waals surface area contributed by atoms with E-state index in [1.54, 1.807) is 0 Å². The van der Waals surface area contributed by atoms with Gasteiger partial charge in [-0.1, -0.05) is 0 Å². The molecule has 0 fully saturated rings. The Morgan fingerprint density at radius 2 is 2.07 bits per heavy atom. The first-order valence-corrected chi connectivity index (χ1v) is 4.45. The van der Waals surface area contributed by atoms with Crippen LogP contribution in [0.4, 0.5) is 13.2 Å². The van der Waals surface area contributed by atoms with Crippen LogP contribution < -0.4 is 0 Å². The molecule has 1 aromatic heterocycles. The summed E-state index contributed by atoms with van der Waals surface area (Å²) in [5.74, 6) is 0.0927. The zero-order valence-corrected chi connectivity index (χ0v) is 8.17. The molecule has 6 heteroatoms. The third-order valence-electron chi connectivity index (χ3n) is 1.86. The Hall–Kier alpha value is -1.17. The van der Waals surface area contributed by atoms with Crippen LogP contribution in [-0.2, 0) is 12.6 Å². The number of alkyl halides is 3. The fraction of sp³-hybridized carbons (Fsp3) is 0.556. The number of aliphatic hydroxyl groups is 1. The van der Waals surface area contributed by atoms with E-state index in [0.717, 1.165) is 0 Å². The monoisotopic (exact) mass is 220 g/mol. The number of aryl methyl sites for hydroxylation is 2. The quantitative estimate of drug-likeness (QED) is 0.843. The van der Waals surface area contributed by atoms with Crippen LogP contribution in [0.5, 0.6) is 0 Å². The highest BCUT2D eigenvalue weighted by Crippen LogP contribution is 2.30. The molecule has 1 heterocycles. The molecular formula is C9H11F3N2O. The van der Waals surface area contributed by atoms with E-state index in [2.05, 4.69) is 9.97 Å². The van der Waals surface area contributed by atoms with Gasteiger partial charge >= 0.3 is 6.18 Å². The van der Waals surface area contributed by atoms with Crippen molar-refractivity contribution in [2.24, 2.45) is 0 Å². The Kier molecular flexibility index (Phi) is 3.62. The molecule has 0 aromatic carbocycles. The van der Waals surface area contributed by atoms with E-state index in [1.165, 1.54) is 13.1 Å². The van der Waals surface area contributed by atoms with Crippen molar-refractivity contribution in [1.29, 1.82) is 0 Å². The molecule has 1 rings (SSSR count). The van der Waals surface area contributed by atoms with Gasteiger partial charge in [0.25, 0.3) is 0 Å². The molecule has 84 valence electrons. The van der Waals surface area contributed by atoms with E-state index in [-0.39, 0.29) is 30.8 Å². The number of hydrogen-bond donors (Lipinski definition) is 1. The summed E-state index contributed by atoms with van der Waals surface area (Å²) < 4.78 is 37.5. The molecule has 0 saturated heterocycles. The minimum Gasteiger partial charge on any atom is -0.396 e. The molecular weight excluding hydrogens is 209 g/mol. The van der Waals surface area contributed by atoms with Gasteiger partial charge in [0.2, 0.25) is 0 Å². The molecule has 0 radical (unpaired) electrons. The SMILES string of the molecule is Cc1ncc(CCCO)c(C(F)(F)F)n1. The number of aromatic nitrogens is 2. The van der Waals surface area contributed by atoms with Crippen molar-refractivity contribution in [2.45, 2.75) is 25.9 Å². The second-order valence-electron chi connectivity index (χ2n) is 3.12. The van der Waals surface area contributed by atoms with Crippen molar-refractivity contribution in [3.63, 3.8) is 0 Å². The molecule has 1 aromatic rings. The van der Waals surface area contributed by atoms with Crippen LogP contribution in [0.2, 0.25) is 0 Å². The first-order valence-electron chi connectivity index (χ1n) is 4.45. The Labute approximate surface area is 85.0 Å². The van der Waals surface area contributed by atoms with Crippen LogP contribution in [0.25, 0.3) is 0 Å². The molecule has 0 amide bonds. The van der Waals surface area contributed by atoms with Gasteiger partial charge in [-0.15, -0.1) is 0 Å². The summed E-state index contributed by atoms with van der Waals surface area (Å²) in [5, 5.41) is 8.55. The predicted molar refractivity (Wildman–Crippen MR) is 47.2 cm³/mol. The Morgan fingerprint density at radius 3 is 2.60 bits per heavy atom. The zero-order chi connectivity index (χ0) is 11.5. The summed E-state index contributed by atoms with van der Waals surface area (Å²) in [6.45, 7) is 1.26. The zero-order valence-electron chi connectivity index (χ0n) is 8.17. The van der Waals surface area contributed by atoms with Gasteiger partial charge in [-0.2, -0.15) is 13.2 Å². The van der Waals surface area contributed by atoms with Crippen molar-refractivity contribution in [1.82, 2.24) is 9.97 Å². The molecule has 1 N–H and O–H groups in total. The molecule has 0 aliphatic rings. The molecule has 3 nitrogen and oxygen atoms in total. The van der Waals surface area contributed by atoms with E-state index >= 15 is 0 Å². The van der Waals surface area contributed by atoms with E-state index in [9.17, 15) is 13.2 Å². The fourth-order valence-electron chi connectivity index (χ4n) is 1.19. The van der Waals surface area contributed by atoms with Crippen LogP contribution in [0.3, 0.4) is 0 Å². The molecule has 0 unspecified atom stereocenters. The second kappa shape index (κ2) is 4.57. The van der Waals surface area contributed by atoms with E-state index < -0.39 is 11.9 Å². The summed E-state index contributed by atoms with van der Waals surface area (Å²) in [7, 11) is 0. The topological polar surface area (TPSA) is 46.0 Å². The van der Waals surface area contributed by atoms with Crippen molar-refractivity contribution in [3.05, 3.63) is 23.3 Å². The molecule has 0 atom stereocenters. The Morgan fingerprint density at radius 1 is 1.40 bits per heavy atom. The Balaban J connectivity index is 3.04. The first-order chi connectivity index (χ1) is 6.95. The van der Waals surface area contributed by atoms with E-state index in [1.807, 2.05) is 0 Å². The van der Waals surface area contributed by atoms with Gasteiger partial charge < -0.3 is 5.11 Å². The van der Waals surface area contributed by atoms with Gasteiger partial charge in [-0.25, -0.2) is 9.97 Å². The molecule has 15 heavy (non-hydrogen) atoms. The van der Waals surface area contributed by atoms with Crippen LogP contribution in [0.15, 0.2) is 6.20 Å². The summed E-state index contributed by atoms with van der Waals surface area (Å²) >= 11 is 0. The third kappa shape index (κ3) is 3.16. The van der Waals surface area contributed by atoms with Crippen molar-refractivity contribution < 1.29 is 18.3 Å². The van der Waals surface area contributed by atoms with Crippen molar-refractivity contribution in [3.8, 4) is 0 Å². The maximum absolute atomic E-state index is 12.5. The highest BCUT2D eigenvalue weighted by molar-refractivity contribution is 5.20. The lowest BCUT2D eigenvalue weighted by Crippen LogP contribution is -2.14. The average molecular weight is 220 g/mol. The summed E-state index contributed by atoms with van der Waals surface area (Å²) in [5.41, 5.74) is -0.870. The molecule has 0 spiro atoms. The van der Waals surface area contributed by atoms with Crippen LogP contribution in [-0.4, -0.2) is 21.7 Å². The number of rotatable bonds is 3. The number of hydrogen-bond acceptors (Lipinski definition) is 3. The number of nitrogens with zero attached hydrogens (tertiary/aromatic N) is 2. The summed E-state index contributed by atoms with van der Waals surface area (Å²) in [6.07, 6.45) is -2.89. The van der Waals surface area contributed by atoms with E-state index in [0.29, 0.717) is 0 Å². The largest absolute Gasteiger partial charge is 0.433 e. The summed E-state index contributed by atoms with van der Waals surface area (Å²) in [4.78, 5) is 7.09. The fourth-order valence-corrected chi connectivity index (χ4v) is 1.19. The summed E-state index contributed by atoms with van der Waals surface area (Å²) in [6, 6.07) is 0. The Bertz CT molecular complexity index is 339. The van der Waals surface area contributed by atoms with Gasteiger partial charge in [-0.05, 0) is 19.8 Å². The molecule has 0 aliphatic carbocycles. The highest BCUT2D eigenvalue weighted by atomic mass is 19.4. The lowest BCUT2D eigenvalue weighted by molar-refractivity contribution is -0.142. The van der Waals surface area contributed by atoms with Crippen molar-refractivity contribution in [2.75, 3.05) is 6.61 Å². The molecule has 0 bridgehead atoms. The lowest BCUT2D eigenvalue weighted by atomic mass is 10.1. The second-order valence-corrected chi connectivity index (χ2v) is 3.12. The first kappa shape index (κ1) is 11.9. The maximum Gasteiger partial charge on any atom is 0.433 e.